The third-order valence-electron chi connectivity index (χ3n) is 4.79. The number of aromatic amines is 1. The number of hydrogen-bond acceptors (Lipinski definition) is 5. The van der Waals surface area contributed by atoms with E-state index in [2.05, 4.69) is 15.2 Å². The minimum Gasteiger partial charge on any atom is -0.492 e. The molecule has 2 aromatic heterocycles. The van der Waals surface area contributed by atoms with Gasteiger partial charge in [-0.15, -0.1) is 0 Å². The lowest BCUT2D eigenvalue weighted by Gasteiger charge is -2.31. The van der Waals surface area contributed by atoms with Gasteiger partial charge < -0.3 is 4.74 Å². The van der Waals surface area contributed by atoms with E-state index in [4.69, 9.17) is 4.74 Å². The molecule has 2 aliphatic rings. The molecule has 0 spiro atoms. The fourth-order valence-electron chi connectivity index (χ4n) is 3.21. The Hall–Kier alpha value is -1.93. The maximum atomic E-state index is 12.4. The highest BCUT2D eigenvalue weighted by atomic mass is 32.2. The predicted octanol–water partition coefficient (Wildman–Crippen LogP) is 2.05. The molecule has 4 rings (SSSR count). The molecule has 1 saturated carbocycles. The summed E-state index contributed by atoms with van der Waals surface area (Å²) in [7, 11) is -3.08. The van der Waals surface area contributed by atoms with Crippen LogP contribution in [0.15, 0.2) is 30.6 Å². The van der Waals surface area contributed by atoms with E-state index in [0.717, 1.165) is 37.1 Å². The van der Waals surface area contributed by atoms with Crippen molar-refractivity contribution >= 4 is 10.0 Å². The number of aromatic nitrogens is 3. The van der Waals surface area contributed by atoms with Crippen molar-refractivity contribution in [1.29, 1.82) is 0 Å². The summed E-state index contributed by atoms with van der Waals surface area (Å²) in [5, 5.41) is 6.65. The summed E-state index contributed by atoms with van der Waals surface area (Å²) in [6, 6.07) is 5.62. The standard InChI is InChI=1S/C17H22N4O3S/c22-25(23,15-4-5-15)21-9-1-2-13(11-21)12-24-14-3-6-16(18-10-14)17-7-8-19-20-17/h3,6-8,10,13,15H,1-2,4-5,9,11-12H2,(H,19,20)/t13-/m1/s1. The van der Waals surface area contributed by atoms with Crippen LogP contribution in [-0.4, -0.2) is 52.9 Å². The van der Waals surface area contributed by atoms with Gasteiger partial charge in [0.05, 0.1) is 29.4 Å². The van der Waals surface area contributed by atoms with Crippen LogP contribution in [0.4, 0.5) is 0 Å². The van der Waals surface area contributed by atoms with Gasteiger partial charge in [-0.2, -0.15) is 5.10 Å². The Morgan fingerprint density at radius 2 is 2.12 bits per heavy atom. The van der Waals surface area contributed by atoms with Gasteiger partial charge in [0.15, 0.2) is 0 Å². The lowest BCUT2D eigenvalue weighted by molar-refractivity contribution is 0.180. The zero-order valence-corrected chi connectivity index (χ0v) is 14.8. The highest BCUT2D eigenvalue weighted by Crippen LogP contribution is 2.33. The number of pyridine rings is 1. The van der Waals surface area contributed by atoms with E-state index in [0.29, 0.717) is 25.4 Å². The van der Waals surface area contributed by atoms with Gasteiger partial charge in [0, 0.05) is 25.2 Å². The van der Waals surface area contributed by atoms with Crippen molar-refractivity contribution in [1.82, 2.24) is 19.5 Å². The number of hydrogen-bond donors (Lipinski definition) is 1. The fourth-order valence-corrected chi connectivity index (χ4v) is 5.16. The number of piperidine rings is 1. The van der Waals surface area contributed by atoms with Crippen molar-refractivity contribution in [3.05, 3.63) is 30.6 Å². The van der Waals surface area contributed by atoms with Crippen LogP contribution >= 0.6 is 0 Å². The smallest absolute Gasteiger partial charge is 0.216 e. The molecule has 1 saturated heterocycles. The van der Waals surface area contributed by atoms with Gasteiger partial charge in [0.1, 0.15) is 5.75 Å². The third kappa shape index (κ3) is 3.69. The van der Waals surface area contributed by atoms with Gasteiger partial charge in [-0.3, -0.25) is 10.1 Å². The van der Waals surface area contributed by atoms with Gasteiger partial charge in [-0.25, -0.2) is 12.7 Å². The first kappa shape index (κ1) is 16.5. The Morgan fingerprint density at radius 3 is 2.80 bits per heavy atom. The molecule has 25 heavy (non-hydrogen) atoms. The summed E-state index contributed by atoms with van der Waals surface area (Å²) in [5.41, 5.74) is 1.67. The second-order valence-electron chi connectivity index (χ2n) is 6.77. The molecule has 1 N–H and O–H groups in total. The number of rotatable bonds is 6. The Balaban J connectivity index is 1.33. The van der Waals surface area contributed by atoms with Gasteiger partial charge in [-0.1, -0.05) is 0 Å². The lowest BCUT2D eigenvalue weighted by Crippen LogP contribution is -2.43. The van der Waals surface area contributed by atoms with Gasteiger partial charge in [0.25, 0.3) is 0 Å². The van der Waals surface area contributed by atoms with Crippen molar-refractivity contribution in [2.75, 3.05) is 19.7 Å². The van der Waals surface area contributed by atoms with Crippen molar-refractivity contribution < 1.29 is 13.2 Å². The number of nitrogens with one attached hydrogen (secondary N) is 1. The molecule has 0 aromatic carbocycles. The Kier molecular flexibility index (Phi) is 4.47. The molecule has 0 radical (unpaired) electrons. The van der Waals surface area contributed by atoms with Crippen molar-refractivity contribution in [3.8, 4) is 17.1 Å². The Morgan fingerprint density at radius 1 is 1.24 bits per heavy atom. The molecule has 2 fully saturated rings. The normalized spacial score (nSPS) is 22.0. The summed E-state index contributed by atoms with van der Waals surface area (Å²) in [6.07, 6.45) is 6.90. The molecule has 3 heterocycles. The largest absolute Gasteiger partial charge is 0.492 e. The van der Waals surface area contributed by atoms with Crippen LogP contribution in [0.2, 0.25) is 0 Å². The van der Waals surface area contributed by atoms with E-state index in [-0.39, 0.29) is 11.2 Å². The molecule has 0 unspecified atom stereocenters. The summed E-state index contributed by atoms with van der Waals surface area (Å²) in [4.78, 5) is 4.37. The monoisotopic (exact) mass is 362 g/mol. The molecule has 0 amide bonds. The Bertz CT molecular complexity index is 801. The molecular formula is C17H22N4O3S. The van der Waals surface area contributed by atoms with Crippen molar-refractivity contribution in [2.24, 2.45) is 5.92 Å². The highest BCUT2D eigenvalue weighted by molar-refractivity contribution is 7.90. The number of sulfonamides is 1. The first-order valence-corrected chi connectivity index (χ1v) is 10.2. The lowest BCUT2D eigenvalue weighted by atomic mass is 10.0. The molecule has 2 aromatic rings. The number of ether oxygens (including phenoxy) is 1. The highest BCUT2D eigenvalue weighted by Gasteiger charge is 2.41. The van der Waals surface area contributed by atoms with E-state index >= 15 is 0 Å². The second kappa shape index (κ2) is 6.76. The van der Waals surface area contributed by atoms with Crippen LogP contribution < -0.4 is 4.74 Å². The zero-order chi connectivity index (χ0) is 17.3. The molecule has 1 atom stereocenters. The number of nitrogens with zero attached hydrogens (tertiary/aromatic N) is 3. The van der Waals surface area contributed by atoms with Crippen molar-refractivity contribution in [2.45, 2.75) is 30.9 Å². The van der Waals surface area contributed by atoms with Crippen LogP contribution in [-0.2, 0) is 10.0 Å². The zero-order valence-electron chi connectivity index (χ0n) is 14.0. The summed E-state index contributed by atoms with van der Waals surface area (Å²) < 4.78 is 32.3. The van der Waals surface area contributed by atoms with Crippen LogP contribution in [0.1, 0.15) is 25.7 Å². The number of H-pyrrole nitrogens is 1. The van der Waals surface area contributed by atoms with Crippen LogP contribution in [0.5, 0.6) is 5.75 Å². The van der Waals surface area contributed by atoms with Crippen LogP contribution in [0, 0.1) is 5.92 Å². The first-order chi connectivity index (χ1) is 12.1. The molecule has 1 aliphatic carbocycles. The Labute approximate surface area is 147 Å². The maximum absolute atomic E-state index is 12.4. The second-order valence-corrected chi connectivity index (χ2v) is 8.98. The van der Waals surface area contributed by atoms with Crippen molar-refractivity contribution in [3.63, 3.8) is 0 Å². The molecule has 1 aliphatic heterocycles. The first-order valence-electron chi connectivity index (χ1n) is 8.70. The van der Waals surface area contributed by atoms with Gasteiger partial charge in [0.2, 0.25) is 10.0 Å². The SMILES string of the molecule is O=S(=O)(C1CC1)N1CCC[C@@H](COc2ccc(-c3ccn[nH]3)nc2)C1. The van der Waals surface area contributed by atoms with Crippen LogP contribution in [0.25, 0.3) is 11.4 Å². The maximum Gasteiger partial charge on any atom is 0.216 e. The molecule has 7 nitrogen and oxygen atoms in total. The molecular weight excluding hydrogens is 340 g/mol. The van der Waals surface area contributed by atoms with E-state index in [1.165, 1.54) is 0 Å². The summed E-state index contributed by atoms with van der Waals surface area (Å²) in [6.45, 7) is 1.73. The topological polar surface area (TPSA) is 88.2 Å². The third-order valence-corrected chi connectivity index (χ3v) is 7.15. The fraction of sp³-hybridized carbons (Fsp3) is 0.529. The summed E-state index contributed by atoms with van der Waals surface area (Å²) >= 11 is 0. The molecule has 134 valence electrons. The summed E-state index contributed by atoms with van der Waals surface area (Å²) in [5.74, 6) is 0.931. The molecule has 8 heteroatoms. The van der Waals surface area contributed by atoms with Gasteiger partial charge >= 0.3 is 0 Å². The average molecular weight is 362 g/mol. The van der Waals surface area contributed by atoms with Crippen LogP contribution in [0.3, 0.4) is 0 Å². The predicted molar refractivity (Wildman–Crippen MR) is 93.6 cm³/mol. The minimum absolute atomic E-state index is 0.133. The quantitative estimate of drug-likeness (QED) is 0.850. The minimum atomic E-state index is -3.08. The van der Waals surface area contributed by atoms with E-state index in [9.17, 15) is 8.42 Å². The van der Waals surface area contributed by atoms with E-state index in [1.807, 2.05) is 18.2 Å². The molecule has 0 bridgehead atoms. The van der Waals surface area contributed by atoms with Gasteiger partial charge in [-0.05, 0) is 43.9 Å². The average Bonchev–Trinajstić information content (AvgIpc) is 3.37. The van der Waals surface area contributed by atoms with E-state index < -0.39 is 10.0 Å². The van der Waals surface area contributed by atoms with E-state index in [1.54, 1.807) is 16.7 Å².